The molecule has 0 unspecified atom stereocenters. The molecule has 1 rings (SSSR count). The van der Waals surface area contributed by atoms with E-state index < -0.39 is 0 Å². The van der Waals surface area contributed by atoms with E-state index >= 15 is 0 Å². The number of nitrogens with zero attached hydrogens (tertiary/aromatic N) is 1. The molecule has 0 aromatic rings. The van der Waals surface area contributed by atoms with Crippen molar-refractivity contribution in [1.29, 1.82) is 0 Å². The minimum atomic E-state index is -0.243. The molecule has 1 aliphatic heterocycles. The van der Waals surface area contributed by atoms with Gasteiger partial charge in [0.05, 0.1) is 6.04 Å². The van der Waals surface area contributed by atoms with Gasteiger partial charge in [0, 0.05) is 13.1 Å². The summed E-state index contributed by atoms with van der Waals surface area (Å²) in [5, 5.41) is 0. The summed E-state index contributed by atoms with van der Waals surface area (Å²) in [6.07, 6.45) is 0.814. The van der Waals surface area contributed by atoms with Crippen LogP contribution in [0.5, 0.6) is 0 Å². The van der Waals surface area contributed by atoms with Crippen molar-refractivity contribution in [3.63, 3.8) is 0 Å². The van der Waals surface area contributed by atoms with Gasteiger partial charge in [0.25, 0.3) is 0 Å². The molecular weight excluding hydrogens is 152 g/mol. The van der Waals surface area contributed by atoms with Crippen LogP contribution in [-0.2, 0) is 4.79 Å². The number of hydrogen-bond donors (Lipinski definition) is 1. The summed E-state index contributed by atoms with van der Waals surface area (Å²) in [7, 11) is 0. The van der Waals surface area contributed by atoms with Crippen molar-refractivity contribution in [3.05, 3.63) is 0 Å². The molecule has 70 valence electrons. The van der Waals surface area contributed by atoms with Gasteiger partial charge in [0.2, 0.25) is 5.91 Å². The smallest absolute Gasteiger partial charge is 0.239 e. The Hall–Kier alpha value is -0.570. The number of carbonyl (C=O) groups is 1. The Bertz CT molecular complexity index is 183. The molecule has 0 aromatic heterocycles. The molecule has 1 aliphatic rings. The standard InChI is InChI=1S/C9H18N2O/c1-9(2,3)6-11-5-4-7(10)8(11)12/h7H,4-6,10H2,1-3H3/t7-/m1/s1. The average molecular weight is 170 g/mol. The third-order valence-corrected chi connectivity index (χ3v) is 2.00. The van der Waals surface area contributed by atoms with Crippen LogP contribution in [0.1, 0.15) is 27.2 Å². The lowest BCUT2D eigenvalue weighted by atomic mass is 9.96. The molecule has 0 spiro atoms. The number of amides is 1. The highest BCUT2D eigenvalue weighted by atomic mass is 16.2. The van der Waals surface area contributed by atoms with Gasteiger partial charge in [-0.1, -0.05) is 20.8 Å². The van der Waals surface area contributed by atoms with Gasteiger partial charge in [-0.05, 0) is 11.8 Å². The molecule has 1 fully saturated rings. The van der Waals surface area contributed by atoms with E-state index in [0.29, 0.717) is 0 Å². The Morgan fingerprint density at radius 3 is 2.50 bits per heavy atom. The molecule has 1 amide bonds. The van der Waals surface area contributed by atoms with Crippen molar-refractivity contribution >= 4 is 5.91 Å². The lowest BCUT2D eigenvalue weighted by Gasteiger charge is -2.26. The van der Waals surface area contributed by atoms with Gasteiger partial charge in [-0.2, -0.15) is 0 Å². The van der Waals surface area contributed by atoms with E-state index in [1.54, 1.807) is 0 Å². The second-order valence-electron chi connectivity index (χ2n) is 4.72. The first-order valence-electron chi connectivity index (χ1n) is 4.44. The van der Waals surface area contributed by atoms with Crippen molar-refractivity contribution in [2.24, 2.45) is 11.1 Å². The number of rotatable bonds is 1. The number of hydrogen-bond acceptors (Lipinski definition) is 2. The summed E-state index contributed by atoms with van der Waals surface area (Å²) < 4.78 is 0. The van der Waals surface area contributed by atoms with E-state index in [-0.39, 0.29) is 17.4 Å². The first kappa shape index (κ1) is 9.52. The number of nitrogens with two attached hydrogens (primary N) is 1. The molecule has 3 nitrogen and oxygen atoms in total. The molecule has 0 saturated carbocycles. The van der Waals surface area contributed by atoms with Gasteiger partial charge in [0.15, 0.2) is 0 Å². The van der Waals surface area contributed by atoms with Gasteiger partial charge in [0.1, 0.15) is 0 Å². The van der Waals surface area contributed by atoms with Crippen LogP contribution in [0.3, 0.4) is 0 Å². The monoisotopic (exact) mass is 170 g/mol. The predicted molar refractivity (Wildman–Crippen MR) is 48.6 cm³/mol. The van der Waals surface area contributed by atoms with E-state index in [4.69, 9.17) is 5.73 Å². The Labute approximate surface area is 73.9 Å². The van der Waals surface area contributed by atoms with Crippen LogP contribution in [0.25, 0.3) is 0 Å². The fraction of sp³-hybridized carbons (Fsp3) is 0.889. The van der Waals surface area contributed by atoms with E-state index in [2.05, 4.69) is 20.8 Å². The molecule has 0 radical (unpaired) electrons. The fourth-order valence-corrected chi connectivity index (χ4v) is 1.49. The van der Waals surface area contributed by atoms with Crippen LogP contribution in [0.2, 0.25) is 0 Å². The summed E-state index contributed by atoms with van der Waals surface area (Å²) in [6, 6.07) is -0.243. The molecule has 0 bridgehead atoms. The molecule has 1 atom stereocenters. The zero-order valence-corrected chi connectivity index (χ0v) is 8.13. The Kier molecular flexibility index (Phi) is 2.42. The number of carbonyl (C=O) groups excluding carboxylic acids is 1. The minimum absolute atomic E-state index is 0.116. The molecule has 1 saturated heterocycles. The first-order valence-corrected chi connectivity index (χ1v) is 4.44. The van der Waals surface area contributed by atoms with Crippen molar-refractivity contribution in [2.45, 2.75) is 33.2 Å². The van der Waals surface area contributed by atoms with Crippen molar-refractivity contribution in [1.82, 2.24) is 4.90 Å². The zero-order valence-electron chi connectivity index (χ0n) is 8.13. The summed E-state index contributed by atoms with van der Waals surface area (Å²) in [6.45, 7) is 8.04. The quantitative estimate of drug-likeness (QED) is 0.626. The Balaban J connectivity index is 2.50. The summed E-state index contributed by atoms with van der Waals surface area (Å²) in [5.74, 6) is 0.116. The normalized spacial score (nSPS) is 25.2. The van der Waals surface area contributed by atoms with Crippen LogP contribution in [0.4, 0.5) is 0 Å². The summed E-state index contributed by atoms with van der Waals surface area (Å²) in [4.78, 5) is 13.2. The molecule has 0 aliphatic carbocycles. The topological polar surface area (TPSA) is 46.3 Å². The van der Waals surface area contributed by atoms with E-state index in [1.807, 2.05) is 4.90 Å². The summed E-state index contributed by atoms with van der Waals surface area (Å²) in [5.41, 5.74) is 5.78. The van der Waals surface area contributed by atoms with Gasteiger partial charge in [-0.25, -0.2) is 0 Å². The first-order chi connectivity index (χ1) is 5.40. The highest BCUT2D eigenvalue weighted by molar-refractivity contribution is 5.83. The van der Waals surface area contributed by atoms with Gasteiger partial charge < -0.3 is 10.6 Å². The van der Waals surface area contributed by atoms with E-state index in [1.165, 1.54) is 0 Å². The highest BCUT2D eigenvalue weighted by Crippen LogP contribution is 2.19. The van der Waals surface area contributed by atoms with Crippen LogP contribution in [0, 0.1) is 5.41 Å². The lowest BCUT2D eigenvalue weighted by molar-refractivity contribution is -0.129. The molecule has 1 heterocycles. The Morgan fingerprint density at radius 2 is 2.17 bits per heavy atom. The average Bonchev–Trinajstić information content (AvgIpc) is 2.16. The van der Waals surface area contributed by atoms with Crippen LogP contribution in [-0.4, -0.2) is 29.9 Å². The van der Waals surface area contributed by atoms with Gasteiger partial charge in [-0.3, -0.25) is 4.79 Å². The van der Waals surface area contributed by atoms with Crippen LogP contribution in [0.15, 0.2) is 0 Å². The third kappa shape index (κ3) is 2.21. The van der Waals surface area contributed by atoms with Crippen LogP contribution >= 0.6 is 0 Å². The van der Waals surface area contributed by atoms with Crippen molar-refractivity contribution in [2.75, 3.05) is 13.1 Å². The Morgan fingerprint density at radius 1 is 1.58 bits per heavy atom. The molecule has 12 heavy (non-hydrogen) atoms. The molecule has 0 aromatic carbocycles. The fourth-order valence-electron chi connectivity index (χ4n) is 1.49. The van der Waals surface area contributed by atoms with E-state index in [9.17, 15) is 4.79 Å². The zero-order chi connectivity index (χ0) is 9.35. The SMILES string of the molecule is CC(C)(C)CN1CC[C@@H](N)C1=O. The second kappa shape index (κ2) is 3.05. The molecule has 2 N–H and O–H groups in total. The van der Waals surface area contributed by atoms with E-state index in [0.717, 1.165) is 19.5 Å². The minimum Gasteiger partial charge on any atom is -0.341 e. The van der Waals surface area contributed by atoms with Gasteiger partial charge >= 0.3 is 0 Å². The summed E-state index contributed by atoms with van der Waals surface area (Å²) >= 11 is 0. The maximum atomic E-state index is 11.4. The second-order valence-corrected chi connectivity index (χ2v) is 4.72. The largest absolute Gasteiger partial charge is 0.341 e. The van der Waals surface area contributed by atoms with Gasteiger partial charge in [-0.15, -0.1) is 0 Å². The third-order valence-electron chi connectivity index (χ3n) is 2.00. The maximum absolute atomic E-state index is 11.4. The maximum Gasteiger partial charge on any atom is 0.239 e. The van der Waals surface area contributed by atoms with Crippen molar-refractivity contribution in [3.8, 4) is 0 Å². The molecular formula is C9H18N2O. The predicted octanol–water partition coefficient (Wildman–Crippen LogP) is 0.592. The molecule has 3 heteroatoms. The van der Waals surface area contributed by atoms with Crippen molar-refractivity contribution < 1.29 is 4.79 Å². The lowest BCUT2D eigenvalue weighted by Crippen LogP contribution is -2.38. The number of likely N-dealkylation sites (tertiary alicyclic amines) is 1. The highest BCUT2D eigenvalue weighted by Gasteiger charge is 2.30. The van der Waals surface area contributed by atoms with Crippen LogP contribution < -0.4 is 5.73 Å².